The lowest BCUT2D eigenvalue weighted by atomic mass is 10.2. The number of aryl methyl sites for hydroxylation is 1. The molecule has 0 unspecified atom stereocenters. The lowest BCUT2D eigenvalue weighted by molar-refractivity contribution is 0.102. The smallest absolute Gasteiger partial charge is 0.274 e. The molecule has 0 atom stereocenters. The third-order valence-corrected chi connectivity index (χ3v) is 3.25. The highest BCUT2D eigenvalue weighted by Gasteiger charge is 2.11. The number of amides is 1. The summed E-state index contributed by atoms with van der Waals surface area (Å²) in [6, 6.07) is 12.9. The lowest BCUT2D eigenvalue weighted by Gasteiger charge is -2.09. The van der Waals surface area contributed by atoms with Crippen LogP contribution in [0.5, 0.6) is 0 Å². The zero-order valence-corrected chi connectivity index (χ0v) is 13.3. The summed E-state index contributed by atoms with van der Waals surface area (Å²) in [6.45, 7) is 1.63. The van der Waals surface area contributed by atoms with Gasteiger partial charge in [-0.1, -0.05) is 12.1 Å². The average molecular weight is 340 g/mol. The number of nitrogens with one attached hydrogen (secondary N) is 2. The van der Waals surface area contributed by atoms with Crippen LogP contribution in [0.1, 0.15) is 16.3 Å². The minimum atomic E-state index is -0.501. The summed E-state index contributed by atoms with van der Waals surface area (Å²) in [5.41, 5.74) is 0.922. The van der Waals surface area contributed by atoms with E-state index >= 15 is 0 Å². The van der Waals surface area contributed by atoms with Crippen molar-refractivity contribution in [3.63, 3.8) is 0 Å². The summed E-state index contributed by atoms with van der Waals surface area (Å²) in [6.07, 6.45) is 0. The Bertz CT molecular complexity index is 930. The third kappa shape index (κ3) is 4.35. The quantitative estimate of drug-likeness (QED) is 0.752. The molecule has 0 fully saturated rings. The van der Waals surface area contributed by atoms with Gasteiger partial charge in [0.15, 0.2) is 0 Å². The Hall–Kier alpha value is -3.35. The first-order valence-corrected chi connectivity index (χ1v) is 7.45. The molecule has 1 amide bonds. The topological polar surface area (TPSA) is 66.9 Å². The molecule has 5 nitrogen and oxygen atoms in total. The highest BCUT2D eigenvalue weighted by molar-refractivity contribution is 6.03. The van der Waals surface area contributed by atoms with Crippen LogP contribution in [-0.2, 0) is 0 Å². The van der Waals surface area contributed by atoms with Gasteiger partial charge in [0.05, 0.1) is 0 Å². The Kier molecular flexibility index (Phi) is 4.65. The van der Waals surface area contributed by atoms with Crippen LogP contribution >= 0.6 is 0 Å². The molecule has 25 heavy (non-hydrogen) atoms. The van der Waals surface area contributed by atoms with E-state index in [1.807, 2.05) is 0 Å². The summed E-state index contributed by atoms with van der Waals surface area (Å²) >= 11 is 0. The van der Waals surface area contributed by atoms with E-state index in [4.69, 9.17) is 0 Å². The van der Waals surface area contributed by atoms with Gasteiger partial charge in [0.25, 0.3) is 5.91 Å². The largest absolute Gasteiger partial charge is 0.340 e. The number of carbonyl (C=O) groups excluding carboxylic acids is 1. The molecule has 0 spiro atoms. The fourth-order valence-corrected chi connectivity index (χ4v) is 2.22. The number of rotatable bonds is 4. The van der Waals surface area contributed by atoms with E-state index in [2.05, 4.69) is 20.6 Å². The molecule has 0 aliphatic rings. The lowest BCUT2D eigenvalue weighted by Crippen LogP contribution is -2.15. The molecule has 0 aliphatic carbocycles. The SMILES string of the molecule is Cc1nc(Nc2cccc(F)c2)cc(C(=O)Nc2cccc(F)c2)n1. The van der Waals surface area contributed by atoms with Gasteiger partial charge in [0, 0.05) is 17.4 Å². The van der Waals surface area contributed by atoms with Crippen molar-refractivity contribution < 1.29 is 13.6 Å². The van der Waals surface area contributed by atoms with E-state index < -0.39 is 11.7 Å². The van der Waals surface area contributed by atoms with Crippen LogP contribution < -0.4 is 10.6 Å². The molecule has 1 aromatic heterocycles. The fraction of sp³-hybridized carbons (Fsp3) is 0.0556. The van der Waals surface area contributed by atoms with Crippen LogP contribution in [-0.4, -0.2) is 15.9 Å². The monoisotopic (exact) mass is 340 g/mol. The highest BCUT2D eigenvalue weighted by atomic mass is 19.1. The van der Waals surface area contributed by atoms with Crippen LogP contribution in [0.4, 0.5) is 26.0 Å². The Morgan fingerprint density at radius 3 is 2.24 bits per heavy atom. The summed E-state index contributed by atoms with van der Waals surface area (Å²) in [5.74, 6) is -0.628. The molecule has 0 saturated carbocycles. The van der Waals surface area contributed by atoms with Gasteiger partial charge in [0.1, 0.15) is 29.0 Å². The number of hydrogen-bond acceptors (Lipinski definition) is 4. The maximum absolute atomic E-state index is 13.3. The van der Waals surface area contributed by atoms with Crippen LogP contribution in [0.25, 0.3) is 0 Å². The zero-order valence-electron chi connectivity index (χ0n) is 13.3. The average Bonchev–Trinajstić information content (AvgIpc) is 2.54. The van der Waals surface area contributed by atoms with Crippen molar-refractivity contribution in [2.24, 2.45) is 0 Å². The molecule has 2 aromatic carbocycles. The van der Waals surface area contributed by atoms with Gasteiger partial charge in [-0.25, -0.2) is 18.7 Å². The van der Waals surface area contributed by atoms with E-state index in [1.165, 1.54) is 36.4 Å². The summed E-state index contributed by atoms with van der Waals surface area (Å²) in [7, 11) is 0. The zero-order chi connectivity index (χ0) is 17.8. The normalized spacial score (nSPS) is 10.4. The molecule has 2 N–H and O–H groups in total. The minimum absolute atomic E-state index is 0.107. The first kappa shape index (κ1) is 16.5. The summed E-state index contributed by atoms with van der Waals surface area (Å²) in [4.78, 5) is 20.6. The number of anilines is 3. The molecular formula is C18H14F2N4O. The predicted molar refractivity (Wildman–Crippen MR) is 90.8 cm³/mol. The Morgan fingerprint density at radius 2 is 1.56 bits per heavy atom. The molecule has 7 heteroatoms. The maximum atomic E-state index is 13.3. The second-order valence-corrected chi connectivity index (χ2v) is 5.29. The minimum Gasteiger partial charge on any atom is -0.340 e. The molecule has 126 valence electrons. The van der Waals surface area contributed by atoms with Crippen molar-refractivity contribution in [1.29, 1.82) is 0 Å². The second kappa shape index (κ2) is 7.04. The first-order chi connectivity index (χ1) is 12.0. The van der Waals surface area contributed by atoms with E-state index in [9.17, 15) is 13.6 Å². The van der Waals surface area contributed by atoms with E-state index in [0.29, 0.717) is 23.0 Å². The number of halogens is 2. The first-order valence-electron chi connectivity index (χ1n) is 7.45. The third-order valence-electron chi connectivity index (χ3n) is 3.25. The standard InChI is InChI=1S/C18H14F2N4O/c1-11-21-16(18(25)24-15-7-3-5-13(20)9-15)10-17(22-11)23-14-6-2-4-12(19)8-14/h2-10H,1H3,(H,24,25)(H,21,22,23). The fourth-order valence-electron chi connectivity index (χ4n) is 2.22. The molecule has 0 radical (unpaired) electrons. The van der Waals surface area contributed by atoms with Crippen molar-refractivity contribution in [3.8, 4) is 0 Å². The molecule has 0 saturated heterocycles. The summed E-state index contributed by atoms with van der Waals surface area (Å²) < 4.78 is 26.5. The molecular weight excluding hydrogens is 326 g/mol. The van der Waals surface area contributed by atoms with Gasteiger partial charge in [-0.15, -0.1) is 0 Å². The van der Waals surface area contributed by atoms with Crippen molar-refractivity contribution in [1.82, 2.24) is 9.97 Å². The van der Waals surface area contributed by atoms with Gasteiger partial charge >= 0.3 is 0 Å². The van der Waals surface area contributed by atoms with Crippen LogP contribution in [0.3, 0.4) is 0 Å². The van der Waals surface area contributed by atoms with E-state index in [-0.39, 0.29) is 11.5 Å². The van der Waals surface area contributed by atoms with Gasteiger partial charge in [-0.2, -0.15) is 0 Å². The Balaban J connectivity index is 1.82. The number of benzene rings is 2. The second-order valence-electron chi connectivity index (χ2n) is 5.29. The van der Waals surface area contributed by atoms with Crippen molar-refractivity contribution in [3.05, 3.63) is 77.8 Å². The number of hydrogen-bond donors (Lipinski definition) is 2. The molecule has 1 heterocycles. The number of nitrogens with zero attached hydrogens (tertiary/aromatic N) is 2. The molecule has 0 bridgehead atoms. The highest BCUT2D eigenvalue weighted by Crippen LogP contribution is 2.17. The predicted octanol–water partition coefficient (Wildman–Crippen LogP) is 4.06. The van der Waals surface area contributed by atoms with Crippen molar-refractivity contribution in [2.45, 2.75) is 6.92 Å². The number of aromatic nitrogens is 2. The Labute approximate surface area is 142 Å². The van der Waals surface area contributed by atoms with Crippen LogP contribution in [0.15, 0.2) is 54.6 Å². The van der Waals surface area contributed by atoms with Crippen molar-refractivity contribution in [2.75, 3.05) is 10.6 Å². The van der Waals surface area contributed by atoms with Crippen LogP contribution in [0.2, 0.25) is 0 Å². The van der Waals surface area contributed by atoms with E-state index in [1.54, 1.807) is 25.1 Å². The molecule has 3 rings (SSSR count). The number of carbonyl (C=O) groups is 1. The van der Waals surface area contributed by atoms with Gasteiger partial charge in [0.2, 0.25) is 0 Å². The van der Waals surface area contributed by atoms with E-state index in [0.717, 1.165) is 0 Å². The summed E-state index contributed by atoms with van der Waals surface area (Å²) in [5, 5.41) is 5.49. The van der Waals surface area contributed by atoms with Gasteiger partial charge < -0.3 is 10.6 Å². The van der Waals surface area contributed by atoms with Gasteiger partial charge in [-0.05, 0) is 43.3 Å². The maximum Gasteiger partial charge on any atom is 0.274 e. The molecule has 0 aliphatic heterocycles. The van der Waals surface area contributed by atoms with Crippen LogP contribution in [0, 0.1) is 18.6 Å². The van der Waals surface area contributed by atoms with Gasteiger partial charge in [-0.3, -0.25) is 4.79 Å². The van der Waals surface area contributed by atoms with Crippen molar-refractivity contribution >= 4 is 23.1 Å². The Morgan fingerprint density at radius 1 is 0.920 bits per heavy atom. The molecule has 3 aromatic rings.